The largest absolute Gasteiger partial charge is 0.381 e. The lowest BCUT2D eigenvalue weighted by Crippen LogP contribution is -2.18. The van der Waals surface area contributed by atoms with Crippen LogP contribution in [0.25, 0.3) is 0 Å². The molecule has 2 N–H and O–H groups in total. The highest BCUT2D eigenvalue weighted by molar-refractivity contribution is 8.00. The topological polar surface area (TPSA) is 48.1 Å². The molecule has 4 heteroatoms. The smallest absolute Gasteiger partial charge is 0.0476 e. The number of nitrogens with two attached hydrogens (primary N) is 1. The average Bonchev–Trinajstić information content (AvgIpc) is 2.30. The third-order valence-corrected chi connectivity index (χ3v) is 4.51. The molecule has 94 valence electrons. The van der Waals surface area contributed by atoms with Crippen LogP contribution >= 0.6 is 11.8 Å². The van der Waals surface area contributed by atoms with Crippen molar-refractivity contribution < 1.29 is 4.74 Å². The molecule has 1 aliphatic heterocycles. The molecule has 0 radical (unpaired) electrons. The van der Waals surface area contributed by atoms with E-state index in [1.807, 2.05) is 25.6 Å². The Kier molecular flexibility index (Phi) is 4.42. The van der Waals surface area contributed by atoms with Gasteiger partial charge in [0.1, 0.15) is 0 Å². The van der Waals surface area contributed by atoms with Crippen molar-refractivity contribution >= 4 is 11.8 Å². The van der Waals surface area contributed by atoms with Gasteiger partial charge in [0.25, 0.3) is 0 Å². The lowest BCUT2D eigenvalue weighted by Gasteiger charge is -2.23. The second-order valence-electron chi connectivity index (χ2n) is 4.46. The molecule has 0 saturated carbocycles. The fourth-order valence-electron chi connectivity index (χ4n) is 2.15. The Bertz CT molecular complexity index is 389. The number of rotatable bonds is 3. The monoisotopic (exact) mass is 252 g/mol. The number of pyridine rings is 1. The van der Waals surface area contributed by atoms with Crippen molar-refractivity contribution in [1.29, 1.82) is 0 Å². The van der Waals surface area contributed by atoms with Crippen LogP contribution in [0.1, 0.15) is 29.8 Å². The highest BCUT2D eigenvalue weighted by Gasteiger charge is 2.17. The quantitative estimate of drug-likeness (QED) is 0.897. The Morgan fingerprint density at radius 2 is 2.12 bits per heavy atom. The van der Waals surface area contributed by atoms with Crippen LogP contribution < -0.4 is 5.73 Å². The third kappa shape index (κ3) is 3.21. The highest BCUT2D eigenvalue weighted by atomic mass is 32.2. The number of aromatic nitrogens is 1. The van der Waals surface area contributed by atoms with Gasteiger partial charge in [0.15, 0.2) is 0 Å². The molecule has 0 bridgehead atoms. The first kappa shape index (κ1) is 12.9. The van der Waals surface area contributed by atoms with Gasteiger partial charge in [0, 0.05) is 46.9 Å². The summed E-state index contributed by atoms with van der Waals surface area (Å²) in [6, 6.07) is 2.16. The predicted octanol–water partition coefficient (Wildman–Crippen LogP) is 2.43. The molecule has 1 aromatic heterocycles. The number of hydrogen-bond donors (Lipinski definition) is 1. The first-order valence-electron chi connectivity index (χ1n) is 6.12. The third-order valence-electron chi connectivity index (χ3n) is 3.08. The number of nitrogens with zero attached hydrogens (tertiary/aromatic N) is 1. The van der Waals surface area contributed by atoms with Crippen molar-refractivity contribution in [3.8, 4) is 0 Å². The lowest BCUT2D eigenvalue weighted by molar-refractivity contribution is 0.1000. The summed E-state index contributed by atoms with van der Waals surface area (Å²) in [5.74, 6) is 0. The van der Waals surface area contributed by atoms with E-state index in [0.717, 1.165) is 37.4 Å². The van der Waals surface area contributed by atoms with Crippen LogP contribution in [0.4, 0.5) is 0 Å². The summed E-state index contributed by atoms with van der Waals surface area (Å²) in [5.41, 5.74) is 9.18. The van der Waals surface area contributed by atoms with Gasteiger partial charge in [-0.3, -0.25) is 4.98 Å². The van der Waals surface area contributed by atoms with Crippen LogP contribution in [-0.2, 0) is 11.3 Å². The predicted molar refractivity (Wildman–Crippen MR) is 71.3 cm³/mol. The Hall–Kier alpha value is -0.580. The molecule has 1 saturated heterocycles. The summed E-state index contributed by atoms with van der Waals surface area (Å²) >= 11 is 1.94. The molecule has 0 amide bonds. The van der Waals surface area contributed by atoms with Crippen LogP contribution in [0.3, 0.4) is 0 Å². The summed E-state index contributed by atoms with van der Waals surface area (Å²) in [4.78, 5) is 5.79. The molecule has 2 heterocycles. The van der Waals surface area contributed by atoms with E-state index >= 15 is 0 Å². The maximum Gasteiger partial charge on any atom is 0.0476 e. The minimum absolute atomic E-state index is 0.574. The first-order chi connectivity index (χ1) is 8.20. The van der Waals surface area contributed by atoms with Crippen molar-refractivity contribution in [2.24, 2.45) is 5.73 Å². The van der Waals surface area contributed by atoms with Crippen molar-refractivity contribution in [3.63, 3.8) is 0 Å². The summed E-state index contributed by atoms with van der Waals surface area (Å²) in [6.45, 7) is 6.44. The maximum atomic E-state index is 5.83. The van der Waals surface area contributed by atoms with E-state index in [-0.39, 0.29) is 0 Å². The van der Waals surface area contributed by atoms with Gasteiger partial charge in [-0.05, 0) is 32.8 Å². The second-order valence-corrected chi connectivity index (χ2v) is 5.80. The maximum absolute atomic E-state index is 5.83. The fraction of sp³-hybridized carbons (Fsp3) is 0.615. The van der Waals surface area contributed by atoms with Crippen LogP contribution in [0.15, 0.2) is 11.0 Å². The zero-order valence-electron chi connectivity index (χ0n) is 10.5. The van der Waals surface area contributed by atoms with Gasteiger partial charge in [-0.25, -0.2) is 0 Å². The van der Waals surface area contributed by atoms with E-state index in [4.69, 9.17) is 10.5 Å². The molecule has 0 atom stereocenters. The number of thioether (sulfide) groups is 1. The summed E-state index contributed by atoms with van der Waals surface area (Å²) in [6.07, 6.45) is 2.27. The van der Waals surface area contributed by atoms with Gasteiger partial charge in [-0.15, -0.1) is 11.8 Å². The van der Waals surface area contributed by atoms with Crippen LogP contribution in [-0.4, -0.2) is 23.4 Å². The summed E-state index contributed by atoms with van der Waals surface area (Å²) < 4.78 is 5.39. The Balaban J connectivity index is 2.18. The Morgan fingerprint density at radius 1 is 1.41 bits per heavy atom. The normalized spacial score (nSPS) is 17.4. The first-order valence-corrected chi connectivity index (χ1v) is 7.00. The molecular formula is C13H20N2OS. The van der Waals surface area contributed by atoms with E-state index in [0.29, 0.717) is 11.8 Å². The van der Waals surface area contributed by atoms with Gasteiger partial charge in [-0.1, -0.05) is 0 Å². The molecule has 3 nitrogen and oxygen atoms in total. The van der Waals surface area contributed by atoms with Gasteiger partial charge in [0.05, 0.1) is 0 Å². The van der Waals surface area contributed by atoms with E-state index < -0.39 is 0 Å². The van der Waals surface area contributed by atoms with Gasteiger partial charge >= 0.3 is 0 Å². The van der Waals surface area contributed by atoms with Crippen molar-refractivity contribution in [3.05, 3.63) is 23.0 Å². The molecule has 0 aliphatic carbocycles. The van der Waals surface area contributed by atoms with Crippen molar-refractivity contribution in [1.82, 2.24) is 4.98 Å². The minimum atomic E-state index is 0.574. The Labute approximate surface area is 107 Å². The number of hydrogen-bond acceptors (Lipinski definition) is 4. The summed E-state index contributed by atoms with van der Waals surface area (Å²) in [7, 11) is 0. The zero-order chi connectivity index (χ0) is 12.3. The van der Waals surface area contributed by atoms with E-state index in [9.17, 15) is 0 Å². The van der Waals surface area contributed by atoms with E-state index in [1.165, 1.54) is 10.5 Å². The standard InChI is InChI=1S/C13H20N2OS/c1-9-7-13(12(8-14)10(2)15-9)17-11-3-5-16-6-4-11/h7,11H,3-6,8,14H2,1-2H3. The fourth-order valence-corrected chi connectivity index (χ4v) is 3.55. The number of ether oxygens (including phenoxy) is 1. The second kappa shape index (κ2) is 5.85. The average molecular weight is 252 g/mol. The molecule has 1 fully saturated rings. The molecular weight excluding hydrogens is 232 g/mol. The summed E-state index contributed by atoms with van der Waals surface area (Å²) in [5, 5.41) is 0.662. The van der Waals surface area contributed by atoms with Crippen molar-refractivity contribution in [2.75, 3.05) is 13.2 Å². The molecule has 1 aromatic rings. The van der Waals surface area contributed by atoms with Crippen molar-refractivity contribution in [2.45, 2.75) is 43.4 Å². The van der Waals surface area contributed by atoms with Gasteiger partial charge in [0.2, 0.25) is 0 Å². The van der Waals surface area contributed by atoms with Crippen LogP contribution in [0.2, 0.25) is 0 Å². The molecule has 0 aromatic carbocycles. The van der Waals surface area contributed by atoms with Crippen LogP contribution in [0.5, 0.6) is 0 Å². The highest BCUT2D eigenvalue weighted by Crippen LogP contribution is 2.33. The van der Waals surface area contributed by atoms with Crippen LogP contribution in [0, 0.1) is 13.8 Å². The lowest BCUT2D eigenvalue weighted by atomic mass is 10.2. The zero-order valence-corrected chi connectivity index (χ0v) is 11.3. The molecule has 17 heavy (non-hydrogen) atoms. The number of aryl methyl sites for hydroxylation is 2. The van der Waals surface area contributed by atoms with Gasteiger partial charge < -0.3 is 10.5 Å². The molecule has 1 aliphatic rings. The molecule has 0 spiro atoms. The van der Waals surface area contributed by atoms with E-state index in [2.05, 4.69) is 11.1 Å². The Morgan fingerprint density at radius 3 is 2.76 bits per heavy atom. The minimum Gasteiger partial charge on any atom is -0.381 e. The molecule has 2 rings (SSSR count). The molecule has 0 unspecified atom stereocenters. The van der Waals surface area contributed by atoms with E-state index in [1.54, 1.807) is 0 Å². The van der Waals surface area contributed by atoms with Gasteiger partial charge in [-0.2, -0.15) is 0 Å². The SMILES string of the molecule is Cc1cc(SC2CCOCC2)c(CN)c(C)n1.